The van der Waals surface area contributed by atoms with E-state index in [0.717, 1.165) is 0 Å². The van der Waals surface area contributed by atoms with E-state index in [4.69, 9.17) is 5.11 Å². The van der Waals surface area contributed by atoms with Crippen molar-refractivity contribution in [2.75, 3.05) is 0 Å². The Bertz CT molecular complexity index is 1120. The fourth-order valence-corrected chi connectivity index (χ4v) is 2.73. The second kappa shape index (κ2) is 5.90. The van der Waals surface area contributed by atoms with E-state index in [2.05, 4.69) is 16.7 Å². The summed E-state index contributed by atoms with van der Waals surface area (Å²) in [5.74, 6) is -0.957. The summed E-state index contributed by atoms with van der Waals surface area (Å²) in [4.78, 5) is 28.4. The molecule has 8 nitrogen and oxygen atoms in total. The van der Waals surface area contributed by atoms with Gasteiger partial charge in [-0.1, -0.05) is 6.58 Å². The number of hydrogen-bond donors (Lipinski definition) is 2. The van der Waals surface area contributed by atoms with Crippen LogP contribution >= 0.6 is 0 Å². The zero-order valence-electron chi connectivity index (χ0n) is 13.7. The first-order valence-corrected chi connectivity index (χ1v) is 7.41. The zero-order chi connectivity index (χ0) is 18.3. The molecular weight excluding hydrogens is 324 g/mol. The van der Waals surface area contributed by atoms with Gasteiger partial charge in [0.05, 0.1) is 23.1 Å². The molecule has 0 unspecified atom stereocenters. The molecule has 2 aliphatic heterocycles. The molecule has 3 heterocycles. The highest BCUT2D eigenvalue weighted by atomic mass is 16.4. The van der Waals surface area contributed by atoms with Gasteiger partial charge in [-0.05, 0) is 13.0 Å². The smallest absolute Gasteiger partial charge is 0.323 e. The molecule has 1 aromatic heterocycles. The molecule has 0 saturated heterocycles. The number of aliphatic hydroxyl groups is 1. The third kappa shape index (κ3) is 2.78. The number of aryl methyl sites for hydroxylation is 1. The second-order valence-corrected chi connectivity index (χ2v) is 5.71. The minimum Gasteiger partial charge on any atom is -0.512 e. The third-order valence-electron chi connectivity index (χ3n) is 3.93. The number of nitrogens with zero attached hydrogens (tertiary/aromatic N) is 4. The lowest BCUT2D eigenvalue weighted by Gasteiger charge is -2.15. The Morgan fingerprint density at radius 3 is 2.56 bits per heavy atom. The minimum atomic E-state index is -1.10. The standard InChI is InChI=1S/C17H16N4O4/c1-9-12(10(2)22)4-13-16(25)14(11-5-19-20(3)7-11)6-18-17(13)21(9)8-15(23)24/h4-7,22H,1,8H2,2-3H3,(H,23,24). The van der Waals surface area contributed by atoms with Gasteiger partial charge in [-0.2, -0.15) is 5.10 Å². The van der Waals surface area contributed by atoms with Gasteiger partial charge in [0.15, 0.2) is 5.43 Å². The summed E-state index contributed by atoms with van der Waals surface area (Å²) < 4.78 is 2.88. The molecule has 0 atom stereocenters. The van der Waals surface area contributed by atoms with Crippen LogP contribution in [0, 0.1) is 0 Å². The first-order chi connectivity index (χ1) is 11.8. The van der Waals surface area contributed by atoms with Crippen molar-refractivity contribution >= 4 is 18.3 Å². The van der Waals surface area contributed by atoms with Gasteiger partial charge >= 0.3 is 5.97 Å². The van der Waals surface area contributed by atoms with Crippen molar-refractivity contribution in [3.8, 4) is 22.5 Å². The van der Waals surface area contributed by atoms with Crippen LogP contribution in [0.25, 0.3) is 34.9 Å². The molecule has 8 heteroatoms. The van der Waals surface area contributed by atoms with Gasteiger partial charge in [0, 0.05) is 35.6 Å². The van der Waals surface area contributed by atoms with Crippen molar-refractivity contribution in [1.82, 2.24) is 19.3 Å². The van der Waals surface area contributed by atoms with Crippen LogP contribution in [-0.4, -0.2) is 35.5 Å². The Hall–Kier alpha value is -3.42. The van der Waals surface area contributed by atoms with E-state index in [-0.39, 0.29) is 27.9 Å². The molecule has 0 aliphatic carbocycles. The molecule has 0 spiro atoms. The summed E-state index contributed by atoms with van der Waals surface area (Å²) in [7, 11) is 1.74. The molecule has 1 aromatic rings. The van der Waals surface area contributed by atoms with E-state index in [1.807, 2.05) is 0 Å². The maximum absolute atomic E-state index is 12.9. The quantitative estimate of drug-likeness (QED) is 0.691. The number of aliphatic carboxylic acids is 1. The Kier molecular flexibility index (Phi) is 3.88. The summed E-state index contributed by atoms with van der Waals surface area (Å²) in [5.41, 5.74) is 0.843. The van der Waals surface area contributed by atoms with Gasteiger partial charge in [-0.3, -0.25) is 14.3 Å². The van der Waals surface area contributed by atoms with Crippen LogP contribution in [0.15, 0.2) is 29.5 Å². The molecule has 0 radical (unpaired) electrons. The van der Waals surface area contributed by atoms with Crippen LogP contribution in [0.4, 0.5) is 0 Å². The van der Waals surface area contributed by atoms with Crippen molar-refractivity contribution < 1.29 is 15.0 Å². The maximum Gasteiger partial charge on any atom is 0.323 e. The first kappa shape index (κ1) is 16.4. The van der Waals surface area contributed by atoms with Crippen LogP contribution in [0.1, 0.15) is 6.92 Å². The van der Waals surface area contributed by atoms with E-state index in [9.17, 15) is 14.7 Å². The van der Waals surface area contributed by atoms with E-state index in [1.54, 1.807) is 24.1 Å². The number of pyridine rings is 2. The zero-order valence-corrected chi connectivity index (χ0v) is 13.7. The molecule has 25 heavy (non-hydrogen) atoms. The molecule has 0 aromatic carbocycles. The number of hydrogen-bond acceptors (Lipinski definition) is 5. The fraction of sp³-hybridized carbons (Fsp3) is 0.176. The van der Waals surface area contributed by atoms with Gasteiger partial charge in [0.2, 0.25) is 0 Å². The molecule has 128 valence electrons. The minimum absolute atomic E-state index is 0.0581. The average Bonchev–Trinajstić information content (AvgIpc) is 2.96. The van der Waals surface area contributed by atoms with Crippen molar-refractivity contribution in [3.05, 3.63) is 45.4 Å². The molecule has 0 amide bonds. The summed E-state index contributed by atoms with van der Waals surface area (Å²) >= 11 is 0. The van der Waals surface area contributed by atoms with E-state index in [0.29, 0.717) is 16.3 Å². The van der Waals surface area contributed by atoms with Gasteiger partial charge in [0.1, 0.15) is 12.4 Å². The molecular formula is C17H16N4O4. The number of carboxylic acid groups (broad SMARTS) is 1. The van der Waals surface area contributed by atoms with Crippen LogP contribution in [0.2, 0.25) is 0 Å². The molecule has 2 aliphatic rings. The Morgan fingerprint density at radius 2 is 2.00 bits per heavy atom. The molecule has 0 saturated carbocycles. The Morgan fingerprint density at radius 1 is 1.28 bits per heavy atom. The van der Waals surface area contributed by atoms with Crippen LogP contribution in [-0.2, 0) is 18.4 Å². The van der Waals surface area contributed by atoms with Gasteiger partial charge in [-0.15, -0.1) is 0 Å². The SMILES string of the molecule is C=c1c(=C(C)O)cc2c(=O)c(-c3cnn(C)c3)cnc-2n1CC(=O)O. The predicted octanol–water partition coefficient (Wildman–Crippen LogP) is -0.0704. The molecule has 2 N–H and O–H groups in total. The van der Waals surface area contributed by atoms with Gasteiger partial charge in [-0.25, -0.2) is 4.98 Å². The lowest BCUT2D eigenvalue weighted by Crippen LogP contribution is -2.40. The monoisotopic (exact) mass is 340 g/mol. The van der Waals surface area contributed by atoms with Crippen LogP contribution in [0.3, 0.4) is 0 Å². The normalized spacial score (nSPS) is 12.4. The van der Waals surface area contributed by atoms with E-state index < -0.39 is 12.5 Å². The molecule has 3 rings (SSSR count). The predicted molar refractivity (Wildman–Crippen MR) is 91.4 cm³/mol. The second-order valence-electron chi connectivity index (χ2n) is 5.71. The van der Waals surface area contributed by atoms with Crippen LogP contribution in [0.5, 0.6) is 0 Å². The summed E-state index contributed by atoms with van der Waals surface area (Å²) in [6, 6.07) is 1.49. The van der Waals surface area contributed by atoms with E-state index >= 15 is 0 Å². The maximum atomic E-state index is 12.9. The number of rotatable bonds is 3. The van der Waals surface area contributed by atoms with Crippen molar-refractivity contribution in [2.45, 2.75) is 13.5 Å². The van der Waals surface area contributed by atoms with Gasteiger partial charge in [0.25, 0.3) is 0 Å². The molecule has 0 fully saturated rings. The fourth-order valence-electron chi connectivity index (χ4n) is 2.73. The average molecular weight is 340 g/mol. The van der Waals surface area contributed by atoms with Crippen molar-refractivity contribution in [3.63, 3.8) is 0 Å². The summed E-state index contributed by atoms with van der Waals surface area (Å²) in [5, 5.41) is 23.7. The topological polar surface area (TPSA) is 110 Å². The number of carbonyl (C=O) groups is 1. The third-order valence-corrected chi connectivity index (χ3v) is 3.93. The number of aromatic nitrogens is 4. The molecule has 0 bridgehead atoms. The number of fused-ring (bicyclic) bond motifs is 1. The first-order valence-electron chi connectivity index (χ1n) is 7.41. The lowest BCUT2D eigenvalue weighted by molar-refractivity contribution is -0.137. The van der Waals surface area contributed by atoms with E-state index in [1.165, 1.54) is 23.8 Å². The van der Waals surface area contributed by atoms with Crippen LogP contribution < -0.4 is 16.0 Å². The van der Waals surface area contributed by atoms with Crippen molar-refractivity contribution in [2.24, 2.45) is 7.05 Å². The highest BCUT2D eigenvalue weighted by molar-refractivity contribution is 5.72. The Balaban J connectivity index is 2.43. The highest BCUT2D eigenvalue weighted by Gasteiger charge is 2.19. The van der Waals surface area contributed by atoms with Gasteiger partial charge < -0.3 is 14.8 Å². The van der Waals surface area contributed by atoms with Crippen molar-refractivity contribution in [1.29, 1.82) is 0 Å². The lowest BCUT2D eigenvalue weighted by atomic mass is 10.1. The number of carboxylic acids is 1. The Labute approximate surface area is 142 Å². The number of aliphatic hydroxyl groups excluding tert-OH is 1. The summed E-state index contributed by atoms with van der Waals surface area (Å²) in [6.45, 7) is 4.85. The largest absolute Gasteiger partial charge is 0.512 e. The summed E-state index contributed by atoms with van der Waals surface area (Å²) in [6.07, 6.45) is 4.64. The highest BCUT2D eigenvalue weighted by Crippen LogP contribution is 2.19.